The maximum Gasteiger partial charge on any atom is 0.218 e. The molecular weight excluding hydrogens is 206 g/mol. The lowest BCUT2D eigenvalue weighted by Crippen LogP contribution is -2.22. The molecule has 16 heavy (non-hydrogen) atoms. The summed E-state index contributed by atoms with van der Waals surface area (Å²) in [5.41, 5.74) is -0.134. The molecule has 0 aliphatic heterocycles. The molecule has 0 bridgehead atoms. The van der Waals surface area contributed by atoms with Crippen LogP contribution >= 0.6 is 0 Å². The number of rotatable bonds is 5. The Morgan fingerprint density at radius 3 is 2.62 bits per heavy atom. The number of hydrogen-bond acceptors (Lipinski definition) is 5. The Hall–Kier alpha value is -1.36. The van der Waals surface area contributed by atoms with Crippen LogP contribution in [0.2, 0.25) is 0 Å². The highest BCUT2D eigenvalue weighted by Crippen LogP contribution is 2.10. The second-order valence-electron chi connectivity index (χ2n) is 4.30. The Kier molecular flexibility index (Phi) is 4.49. The van der Waals surface area contributed by atoms with E-state index in [1.807, 2.05) is 20.8 Å². The van der Waals surface area contributed by atoms with Gasteiger partial charge in [-0.05, 0) is 20.8 Å². The monoisotopic (exact) mass is 225 g/mol. The summed E-state index contributed by atoms with van der Waals surface area (Å²) in [5.74, 6) is 1.29. The van der Waals surface area contributed by atoms with E-state index in [4.69, 9.17) is 9.47 Å². The van der Waals surface area contributed by atoms with Gasteiger partial charge >= 0.3 is 0 Å². The molecule has 0 spiro atoms. The van der Waals surface area contributed by atoms with Crippen LogP contribution in [0.1, 0.15) is 20.8 Å². The summed E-state index contributed by atoms with van der Waals surface area (Å²) in [7, 11) is 1.80. The van der Waals surface area contributed by atoms with E-state index in [-0.39, 0.29) is 5.60 Å². The van der Waals surface area contributed by atoms with Crippen LogP contribution in [0.15, 0.2) is 12.4 Å². The van der Waals surface area contributed by atoms with E-state index in [0.717, 1.165) is 5.82 Å². The van der Waals surface area contributed by atoms with E-state index in [1.165, 1.54) is 6.33 Å². The molecule has 1 aromatic rings. The van der Waals surface area contributed by atoms with Gasteiger partial charge in [0.25, 0.3) is 0 Å². The van der Waals surface area contributed by atoms with Crippen molar-refractivity contribution >= 4 is 5.82 Å². The highest BCUT2D eigenvalue weighted by atomic mass is 16.5. The zero-order chi connectivity index (χ0) is 12.0. The third-order valence-corrected chi connectivity index (χ3v) is 1.77. The van der Waals surface area contributed by atoms with Crippen LogP contribution in [0.4, 0.5) is 5.82 Å². The summed E-state index contributed by atoms with van der Waals surface area (Å²) in [6.07, 6.45) is 1.46. The van der Waals surface area contributed by atoms with E-state index in [2.05, 4.69) is 15.3 Å². The van der Waals surface area contributed by atoms with Gasteiger partial charge in [-0.15, -0.1) is 0 Å². The molecule has 0 saturated heterocycles. The molecule has 0 fully saturated rings. The highest BCUT2D eigenvalue weighted by Gasteiger charge is 2.09. The second-order valence-corrected chi connectivity index (χ2v) is 4.30. The minimum atomic E-state index is -0.134. The van der Waals surface area contributed by atoms with Gasteiger partial charge in [0.05, 0.1) is 12.2 Å². The lowest BCUT2D eigenvalue weighted by molar-refractivity contribution is -0.0168. The molecule has 0 amide bonds. The molecule has 0 aliphatic carbocycles. The molecule has 0 saturated carbocycles. The van der Waals surface area contributed by atoms with Crippen molar-refractivity contribution in [1.29, 1.82) is 0 Å². The van der Waals surface area contributed by atoms with Crippen molar-refractivity contribution in [3.05, 3.63) is 12.4 Å². The van der Waals surface area contributed by atoms with Gasteiger partial charge in [0.15, 0.2) is 0 Å². The first kappa shape index (κ1) is 12.7. The van der Waals surface area contributed by atoms with Crippen molar-refractivity contribution in [2.75, 3.05) is 25.6 Å². The van der Waals surface area contributed by atoms with Crippen molar-refractivity contribution in [2.24, 2.45) is 0 Å². The quantitative estimate of drug-likeness (QED) is 0.773. The summed E-state index contributed by atoms with van der Waals surface area (Å²) in [5, 5.41) is 2.92. The zero-order valence-corrected chi connectivity index (χ0v) is 10.3. The van der Waals surface area contributed by atoms with E-state index in [9.17, 15) is 0 Å². The second kappa shape index (κ2) is 5.65. The summed E-state index contributed by atoms with van der Waals surface area (Å²) < 4.78 is 11.0. The first-order chi connectivity index (χ1) is 7.51. The van der Waals surface area contributed by atoms with E-state index < -0.39 is 0 Å². The Morgan fingerprint density at radius 2 is 2.00 bits per heavy atom. The first-order valence-corrected chi connectivity index (χ1v) is 5.28. The average molecular weight is 225 g/mol. The van der Waals surface area contributed by atoms with Gasteiger partial charge in [-0.1, -0.05) is 0 Å². The normalized spacial score (nSPS) is 11.2. The number of hydrogen-bond donors (Lipinski definition) is 1. The molecule has 0 radical (unpaired) electrons. The SMILES string of the molecule is CNc1cc(OCCOC(C)(C)C)ncn1. The van der Waals surface area contributed by atoms with Crippen molar-refractivity contribution < 1.29 is 9.47 Å². The minimum absolute atomic E-state index is 0.134. The van der Waals surface area contributed by atoms with Crippen molar-refractivity contribution in [3.63, 3.8) is 0 Å². The Labute approximate surface area is 96.2 Å². The molecular formula is C11H19N3O2. The smallest absolute Gasteiger partial charge is 0.218 e. The summed E-state index contributed by atoms with van der Waals surface area (Å²) >= 11 is 0. The zero-order valence-electron chi connectivity index (χ0n) is 10.3. The fourth-order valence-electron chi connectivity index (χ4n) is 1.05. The van der Waals surface area contributed by atoms with Crippen molar-refractivity contribution in [3.8, 4) is 5.88 Å². The molecule has 5 nitrogen and oxygen atoms in total. The maximum atomic E-state index is 5.52. The van der Waals surface area contributed by atoms with Gasteiger partial charge < -0.3 is 14.8 Å². The van der Waals surface area contributed by atoms with E-state index in [1.54, 1.807) is 13.1 Å². The lowest BCUT2D eigenvalue weighted by Gasteiger charge is -2.19. The Bertz CT molecular complexity index is 323. The van der Waals surface area contributed by atoms with E-state index in [0.29, 0.717) is 19.1 Å². The molecule has 90 valence electrons. The Balaban J connectivity index is 2.32. The standard InChI is InChI=1S/C11H19N3O2/c1-11(2,3)16-6-5-15-10-7-9(12-4)13-8-14-10/h7-8H,5-6H2,1-4H3,(H,12,13,14). The molecule has 5 heteroatoms. The number of nitrogens with zero attached hydrogens (tertiary/aromatic N) is 2. The topological polar surface area (TPSA) is 56.3 Å². The molecule has 0 unspecified atom stereocenters. The Morgan fingerprint density at radius 1 is 1.25 bits per heavy atom. The largest absolute Gasteiger partial charge is 0.475 e. The van der Waals surface area contributed by atoms with Crippen molar-refractivity contribution in [2.45, 2.75) is 26.4 Å². The van der Waals surface area contributed by atoms with Crippen LogP contribution in [-0.4, -0.2) is 35.8 Å². The summed E-state index contributed by atoms with van der Waals surface area (Å²) in [6, 6.07) is 1.75. The minimum Gasteiger partial charge on any atom is -0.475 e. The number of ether oxygens (including phenoxy) is 2. The predicted octanol–water partition coefficient (Wildman–Crippen LogP) is 1.71. The molecule has 1 heterocycles. The van der Waals surface area contributed by atoms with E-state index >= 15 is 0 Å². The van der Waals surface area contributed by atoms with Gasteiger partial charge in [0, 0.05) is 13.1 Å². The number of aromatic nitrogens is 2. The molecule has 1 aromatic heterocycles. The van der Waals surface area contributed by atoms with Gasteiger partial charge in [-0.2, -0.15) is 0 Å². The fourth-order valence-corrected chi connectivity index (χ4v) is 1.05. The third kappa shape index (κ3) is 4.93. The van der Waals surface area contributed by atoms with Gasteiger partial charge in [-0.25, -0.2) is 9.97 Å². The third-order valence-electron chi connectivity index (χ3n) is 1.77. The molecule has 1 N–H and O–H groups in total. The molecule has 1 rings (SSSR count). The molecule has 0 aromatic carbocycles. The predicted molar refractivity (Wildman–Crippen MR) is 62.8 cm³/mol. The van der Waals surface area contributed by atoms with Crippen LogP contribution in [-0.2, 0) is 4.74 Å². The molecule has 0 atom stereocenters. The highest BCUT2D eigenvalue weighted by molar-refractivity contribution is 5.35. The van der Waals surface area contributed by atoms with Crippen LogP contribution in [0.5, 0.6) is 5.88 Å². The van der Waals surface area contributed by atoms with Crippen LogP contribution in [0, 0.1) is 0 Å². The lowest BCUT2D eigenvalue weighted by atomic mass is 10.2. The fraction of sp³-hybridized carbons (Fsp3) is 0.636. The van der Waals surface area contributed by atoms with Crippen LogP contribution in [0.25, 0.3) is 0 Å². The van der Waals surface area contributed by atoms with Crippen molar-refractivity contribution in [1.82, 2.24) is 9.97 Å². The summed E-state index contributed by atoms with van der Waals surface area (Å²) in [6.45, 7) is 7.06. The van der Waals surface area contributed by atoms with Gasteiger partial charge in [0.2, 0.25) is 5.88 Å². The summed E-state index contributed by atoms with van der Waals surface area (Å²) in [4.78, 5) is 7.98. The maximum absolute atomic E-state index is 5.52. The first-order valence-electron chi connectivity index (χ1n) is 5.28. The van der Waals surface area contributed by atoms with Crippen LogP contribution < -0.4 is 10.1 Å². The number of nitrogens with one attached hydrogen (secondary N) is 1. The molecule has 0 aliphatic rings. The van der Waals surface area contributed by atoms with Gasteiger partial charge in [0.1, 0.15) is 18.8 Å². The van der Waals surface area contributed by atoms with Crippen LogP contribution in [0.3, 0.4) is 0 Å². The number of anilines is 1. The van der Waals surface area contributed by atoms with Gasteiger partial charge in [-0.3, -0.25) is 0 Å². The average Bonchev–Trinajstić information content (AvgIpc) is 2.23.